The zero-order valence-corrected chi connectivity index (χ0v) is 7.55. The van der Waals surface area contributed by atoms with E-state index in [2.05, 4.69) is 4.74 Å². The first kappa shape index (κ1) is 10.0. The number of nitrogens with zero attached hydrogens (tertiary/aromatic N) is 1. The van der Waals surface area contributed by atoms with Gasteiger partial charge >= 0.3 is 5.97 Å². The average molecular weight is 157 g/mol. The maximum atomic E-state index is 11.0. The fourth-order valence-corrected chi connectivity index (χ4v) is 0.731. The molecule has 0 heterocycles. The van der Waals surface area contributed by atoms with Crippen molar-refractivity contribution >= 4 is 5.97 Å². The molecular weight excluding hydrogens is 142 g/mol. The first-order chi connectivity index (χ1) is 5.11. The standard InChI is InChI=1S/C8H15NO2/c1-5-7(6-9(2)3)8(10)11-4/h6H,5H2,1-4H3/b7-6+. The smallest absolute Gasteiger partial charge is 0.335 e. The maximum absolute atomic E-state index is 11.0. The highest BCUT2D eigenvalue weighted by Gasteiger charge is 2.05. The highest BCUT2D eigenvalue weighted by Crippen LogP contribution is 2.02. The largest absolute Gasteiger partial charge is 0.466 e. The second-order valence-corrected chi connectivity index (χ2v) is 2.46. The van der Waals surface area contributed by atoms with Crippen LogP contribution in [0.4, 0.5) is 0 Å². The summed E-state index contributed by atoms with van der Waals surface area (Å²) in [6.45, 7) is 1.92. The van der Waals surface area contributed by atoms with Crippen LogP contribution in [0.5, 0.6) is 0 Å². The quantitative estimate of drug-likeness (QED) is 0.452. The van der Waals surface area contributed by atoms with E-state index in [0.717, 1.165) is 0 Å². The van der Waals surface area contributed by atoms with Crippen LogP contribution in [0, 0.1) is 0 Å². The Morgan fingerprint density at radius 1 is 1.55 bits per heavy atom. The predicted octanol–water partition coefficient (Wildman–Crippen LogP) is 1.01. The summed E-state index contributed by atoms with van der Waals surface area (Å²) in [5, 5.41) is 0. The molecule has 0 N–H and O–H groups in total. The number of hydrogen-bond donors (Lipinski definition) is 0. The minimum absolute atomic E-state index is 0.249. The Morgan fingerprint density at radius 2 is 2.09 bits per heavy atom. The molecule has 11 heavy (non-hydrogen) atoms. The van der Waals surface area contributed by atoms with Gasteiger partial charge in [-0.25, -0.2) is 4.79 Å². The van der Waals surface area contributed by atoms with Crippen LogP contribution in [0.3, 0.4) is 0 Å². The minimum atomic E-state index is -0.249. The van der Waals surface area contributed by atoms with Crippen LogP contribution in [-0.2, 0) is 9.53 Å². The number of rotatable bonds is 3. The van der Waals surface area contributed by atoms with Crippen LogP contribution in [-0.4, -0.2) is 32.1 Å². The molecule has 0 fully saturated rings. The van der Waals surface area contributed by atoms with E-state index in [1.54, 1.807) is 6.20 Å². The lowest BCUT2D eigenvalue weighted by atomic mass is 10.2. The lowest BCUT2D eigenvalue weighted by Crippen LogP contribution is -2.10. The molecule has 0 radical (unpaired) electrons. The van der Waals surface area contributed by atoms with Gasteiger partial charge in [-0.15, -0.1) is 0 Å². The second-order valence-electron chi connectivity index (χ2n) is 2.46. The topological polar surface area (TPSA) is 29.5 Å². The van der Waals surface area contributed by atoms with E-state index >= 15 is 0 Å². The molecule has 3 nitrogen and oxygen atoms in total. The van der Waals surface area contributed by atoms with Crippen LogP contribution in [0.15, 0.2) is 11.8 Å². The predicted molar refractivity (Wildman–Crippen MR) is 44.1 cm³/mol. The molecule has 0 saturated carbocycles. The maximum Gasteiger partial charge on any atom is 0.335 e. The summed E-state index contributed by atoms with van der Waals surface area (Å²) in [5.41, 5.74) is 0.692. The molecule has 3 heteroatoms. The molecule has 64 valence electrons. The van der Waals surface area contributed by atoms with E-state index in [1.165, 1.54) is 7.11 Å². The highest BCUT2D eigenvalue weighted by atomic mass is 16.5. The van der Waals surface area contributed by atoms with E-state index < -0.39 is 0 Å². The van der Waals surface area contributed by atoms with Crippen molar-refractivity contribution in [3.8, 4) is 0 Å². The molecule has 0 spiro atoms. The Morgan fingerprint density at radius 3 is 2.36 bits per heavy atom. The van der Waals surface area contributed by atoms with Gasteiger partial charge in [-0.2, -0.15) is 0 Å². The lowest BCUT2D eigenvalue weighted by Gasteiger charge is -2.07. The molecule has 0 aromatic carbocycles. The van der Waals surface area contributed by atoms with Crippen molar-refractivity contribution in [1.82, 2.24) is 4.90 Å². The van der Waals surface area contributed by atoms with Gasteiger partial charge in [-0.05, 0) is 6.42 Å². The van der Waals surface area contributed by atoms with Crippen molar-refractivity contribution < 1.29 is 9.53 Å². The van der Waals surface area contributed by atoms with Gasteiger partial charge in [0.25, 0.3) is 0 Å². The lowest BCUT2D eigenvalue weighted by molar-refractivity contribution is -0.136. The van der Waals surface area contributed by atoms with E-state index in [1.807, 2.05) is 25.9 Å². The highest BCUT2D eigenvalue weighted by molar-refractivity contribution is 5.88. The van der Waals surface area contributed by atoms with Gasteiger partial charge in [-0.1, -0.05) is 6.92 Å². The van der Waals surface area contributed by atoms with E-state index in [0.29, 0.717) is 12.0 Å². The fourth-order valence-electron chi connectivity index (χ4n) is 0.731. The van der Waals surface area contributed by atoms with Gasteiger partial charge in [0.15, 0.2) is 0 Å². The minimum Gasteiger partial charge on any atom is -0.466 e. The SMILES string of the molecule is CC/C(=C\N(C)C)C(=O)OC. The Kier molecular flexibility index (Phi) is 4.34. The van der Waals surface area contributed by atoms with Crippen molar-refractivity contribution in [2.24, 2.45) is 0 Å². The van der Waals surface area contributed by atoms with Gasteiger partial charge in [0, 0.05) is 20.3 Å². The van der Waals surface area contributed by atoms with Crippen LogP contribution >= 0.6 is 0 Å². The van der Waals surface area contributed by atoms with Crippen LogP contribution in [0.2, 0.25) is 0 Å². The molecule has 0 atom stereocenters. The van der Waals surface area contributed by atoms with Crippen molar-refractivity contribution in [2.45, 2.75) is 13.3 Å². The Labute approximate surface area is 67.6 Å². The molecule has 0 rings (SSSR count). The Balaban J connectivity index is 4.27. The zero-order valence-electron chi connectivity index (χ0n) is 7.55. The third-order valence-electron chi connectivity index (χ3n) is 1.24. The average Bonchev–Trinajstić information content (AvgIpc) is 1.98. The van der Waals surface area contributed by atoms with Crippen LogP contribution in [0.25, 0.3) is 0 Å². The third kappa shape index (κ3) is 3.65. The molecule has 0 aliphatic heterocycles. The van der Waals surface area contributed by atoms with E-state index in [4.69, 9.17) is 0 Å². The first-order valence-electron chi connectivity index (χ1n) is 3.57. The van der Waals surface area contributed by atoms with Crippen molar-refractivity contribution in [1.29, 1.82) is 0 Å². The Hall–Kier alpha value is -0.990. The van der Waals surface area contributed by atoms with Gasteiger partial charge in [0.2, 0.25) is 0 Å². The fraction of sp³-hybridized carbons (Fsp3) is 0.625. The molecule has 0 amide bonds. The number of ether oxygens (including phenoxy) is 1. The molecule has 0 aromatic heterocycles. The summed E-state index contributed by atoms with van der Waals surface area (Å²) in [7, 11) is 5.14. The van der Waals surface area contributed by atoms with Crippen molar-refractivity contribution in [3.63, 3.8) is 0 Å². The van der Waals surface area contributed by atoms with E-state index in [9.17, 15) is 4.79 Å². The number of carbonyl (C=O) groups excluding carboxylic acids is 1. The molecule has 0 aliphatic rings. The normalized spacial score (nSPS) is 11.1. The summed E-state index contributed by atoms with van der Waals surface area (Å²) in [5.74, 6) is -0.249. The summed E-state index contributed by atoms with van der Waals surface area (Å²) in [6, 6.07) is 0. The first-order valence-corrected chi connectivity index (χ1v) is 3.57. The summed E-state index contributed by atoms with van der Waals surface area (Å²) in [6.07, 6.45) is 2.47. The summed E-state index contributed by atoms with van der Waals surface area (Å²) < 4.78 is 4.57. The van der Waals surface area contributed by atoms with E-state index in [-0.39, 0.29) is 5.97 Å². The second kappa shape index (κ2) is 4.77. The van der Waals surface area contributed by atoms with Gasteiger partial charge in [-0.3, -0.25) is 0 Å². The zero-order chi connectivity index (χ0) is 8.85. The number of methoxy groups -OCH3 is 1. The van der Waals surface area contributed by atoms with Gasteiger partial charge < -0.3 is 9.64 Å². The van der Waals surface area contributed by atoms with Gasteiger partial charge in [0.1, 0.15) is 0 Å². The summed E-state index contributed by atoms with van der Waals surface area (Å²) in [4.78, 5) is 12.8. The monoisotopic (exact) mass is 157 g/mol. The number of esters is 1. The van der Waals surface area contributed by atoms with Crippen LogP contribution in [0.1, 0.15) is 13.3 Å². The third-order valence-corrected chi connectivity index (χ3v) is 1.24. The molecule has 0 saturated heterocycles. The number of carbonyl (C=O) groups is 1. The van der Waals surface area contributed by atoms with Crippen LogP contribution < -0.4 is 0 Å². The molecule has 0 bridgehead atoms. The summed E-state index contributed by atoms with van der Waals surface area (Å²) >= 11 is 0. The van der Waals surface area contributed by atoms with Crippen molar-refractivity contribution in [2.75, 3.05) is 21.2 Å². The molecular formula is C8H15NO2. The molecule has 0 unspecified atom stereocenters. The Bertz CT molecular complexity index is 161. The van der Waals surface area contributed by atoms with Crippen molar-refractivity contribution in [3.05, 3.63) is 11.8 Å². The molecule has 0 aromatic rings. The van der Waals surface area contributed by atoms with Gasteiger partial charge in [0.05, 0.1) is 12.7 Å². The number of hydrogen-bond acceptors (Lipinski definition) is 3. The molecule has 0 aliphatic carbocycles.